The minimum atomic E-state index is -0.467. The fourth-order valence-electron chi connectivity index (χ4n) is 1.43. The number of Topliss-reactive ketones (excluding diaryl/α,β-unsaturated/α-hetero) is 1. The summed E-state index contributed by atoms with van der Waals surface area (Å²) in [6, 6.07) is 6.85. The molecule has 0 fully saturated rings. The molecule has 20 heavy (non-hydrogen) atoms. The molecule has 1 heterocycles. The van der Waals surface area contributed by atoms with Crippen molar-refractivity contribution in [2.24, 2.45) is 0 Å². The molecule has 0 unspecified atom stereocenters. The van der Waals surface area contributed by atoms with Gasteiger partial charge in [0.25, 0.3) is 0 Å². The topological polar surface area (TPSA) is 87.0 Å². The lowest BCUT2D eigenvalue weighted by Crippen LogP contribution is -2.15. The molecule has 0 saturated carbocycles. The summed E-state index contributed by atoms with van der Waals surface area (Å²) in [5, 5.41) is 10.5. The zero-order valence-corrected chi connectivity index (χ0v) is 12.0. The Kier molecular flexibility index (Phi) is 4.94. The Morgan fingerprint density at radius 3 is 2.65 bits per heavy atom. The van der Waals surface area contributed by atoms with E-state index in [4.69, 9.17) is 4.74 Å². The first kappa shape index (κ1) is 14.3. The smallest absolute Gasteiger partial charge is 0.308 e. The highest BCUT2D eigenvalue weighted by Gasteiger charge is 2.10. The second-order valence-corrected chi connectivity index (χ2v) is 4.83. The number of carbonyl (C=O) groups is 2. The Bertz CT molecular complexity index is 583. The number of tetrazole rings is 1. The molecule has 0 saturated heterocycles. The molecular weight excluding hydrogens is 328 g/mol. The van der Waals surface area contributed by atoms with Crippen LogP contribution in [0.25, 0.3) is 0 Å². The Morgan fingerprint density at radius 1 is 1.25 bits per heavy atom. The highest BCUT2D eigenvalue weighted by Crippen LogP contribution is 2.11. The standard InChI is InChI=1S/C12H11BrN4O3/c13-10-3-1-9(2-4-10)11(18)7-20-12(19)5-6-17-8-14-15-16-17/h1-4,8H,5-7H2. The molecular formula is C12H11BrN4O3. The van der Waals surface area contributed by atoms with Crippen LogP contribution < -0.4 is 0 Å². The molecule has 2 rings (SSSR count). The summed E-state index contributed by atoms with van der Waals surface area (Å²) < 4.78 is 7.20. The van der Waals surface area contributed by atoms with E-state index in [9.17, 15) is 9.59 Å². The number of carbonyl (C=O) groups excluding carboxylic acids is 2. The molecule has 104 valence electrons. The van der Waals surface area contributed by atoms with Crippen LogP contribution in [0, 0.1) is 0 Å². The van der Waals surface area contributed by atoms with Crippen LogP contribution in [0.15, 0.2) is 35.1 Å². The lowest BCUT2D eigenvalue weighted by Gasteiger charge is -2.04. The van der Waals surface area contributed by atoms with Crippen LogP contribution in [0.2, 0.25) is 0 Å². The Morgan fingerprint density at radius 2 is 2.00 bits per heavy atom. The molecule has 0 amide bonds. The molecule has 7 nitrogen and oxygen atoms in total. The monoisotopic (exact) mass is 338 g/mol. The highest BCUT2D eigenvalue weighted by atomic mass is 79.9. The van der Waals surface area contributed by atoms with Crippen molar-refractivity contribution in [3.63, 3.8) is 0 Å². The van der Waals surface area contributed by atoms with E-state index in [1.165, 1.54) is 11.0 Å². The molecule has 8 heteroatoms. The van der Waals surface area contributed by atoms with Gasteiger partial charge >= 0.3 is 5.97 Å². The third-order valence-corrected chi connectivity index (χ3v) is 3.00. The Hall–Kier alpha value is -2.09. The van der Waals surface area contributed by atoms with Crippen molar-refractivity contribution in [3.05, 3.63) is 40.6 Å². The fraction of sp³-hybridized carbons (Fsp3) is 0.250. The molecule has 0 spiro atoms. The summed E-state index contributed by atoms with van der Waals surface area (Å²) in [6.07, 6.45) is 1.51. The number of rotatable bonds is 6. The number of benzene rings is 1. The van der Waals surface area contributed by atoms with Crippen molar-refractivity contribution in [2.45, 2.75) is 13.0 Å². The summed E-state index contributed by atoms with van der Waals surface area (Å²) >= 11 is 3.28. The first-order valence-electron chi connectivity index (χ1n) is 5.80. The molecule has 0 N–H and O–H groups in total. The molecule has 0 radical (unpaired) electrons. The maximum Gasteiger partial charge on any atom is 0.308 e. The number of esters is 1. The molecule has 0 atom stereocenters. The van der Waals surface area contributed by atoms with E-state index < -0.39 is 5.97 Å². The van der Waals surface area contributed by atoms with Gasteiger partial charge in [0.15, 0.2) is 12.4 Å². The molecule has 2 aromatic rings. The summed E-state index contributed by atoms with van der Waals surface area (Å²) in [5.41, 5.74) is 0.501. The van der Waals surface area contributed by atoms with Crippen LogP contribution >= 0.6 is 15.9 Å². The largest absolute Gasteiger partial charge is 0.457 e. The molecule has 1 aromatic heterocycles. The van der Waals surface area contributed by atoms with Crippen molar-refractivity contribution in [2.75, 3.05) is 6.61 Å². The number of ketones is 1. The molecule has 0 aliphatic rings. The second kappa shape index (κ2) is 6.90. The van der Waals surface area contributed by atoms with Crippen LogP contribution in [-0.2, 0) is 16.1 Å². The lowest BCUT2D eigenvalue weighted by molar-refractivity contribution is -0.142. The number of aryl methyl sites for hydroxylation is 1. The van der Waals surface area contributed by atoms with E-state index >= 15 is 0 Å². The van der Waals surface area contributed by atoms with Gasteiger partial charge in [-0.05, 0) is 22.6 Å². The zero-order chi connectivity index (χ0) is 14.4. The van der Waals surface area contributed by atoms with Crippen LogP contribution in [0.3, 0.4) is 0 Å². The van der Waals surface area contributed by atoms with Gasteiger partial charge in [-0.2, -0.15) is 0 Å². The molecule has 1 aromatic carbocycles. The zero-order valence-electron chi connectivity index (χ0n) is 10.4. The Labute approximate surface area is 123 Å². The number of hydrogen-bond acceptors (Lipinski definition) is 6. The van der Waals surface area contributed by atoms with E-state index in [0.717, 1.165) is 4.47 Å². The lowest BCUT2D eigenvalue weighted by atomic mass is 10.1. The van der Waals surface area contributed by atoms with Gasteiger partial charge in [0.2, 0.25) is 0 Å². The summed E-state index contributed by atoms with van der Waals surface area (Å²) in [5.74, 6) is -0.709. The van der Waals surface area contributed by atoms with Gasteiger partial charge in [0, 0.05) is 10.0 Å². The predicted octanol–water partition coefficient (Wildman–Crippen LogP) is 1.25. The average molecular weight is 339 g/mol. The van der Waals surface area contributed by atoms with Crippen LogP contribution in [0.1, 0.15) is 16.8 Å². The summed E-state index contributed by atoms with van der Waals surface area (Å²) in [4.78, 5) is 23.2. The minimum Gasteiger partial charge on any atom is -0.457 e. The van der Waals surface area contributed by atoms with Gasteiger partial charge in [-0.25, -0.2) is 4.68 Å². The maximum atomic E-state index is 11.8. The van der Waals surface area contributed by atoms with Crippen molar-refractivity contribution in [3.8, 4) is 0 Å². The van der Waals surface area contributed by atoms with Crippen molar-refractivity contribution in [1.82, 2.24) is 20.2 Å². The van der Waals surface area contributed by atoms with Gasteiger partial charge < -0.3 is 4.74 Å². The van der Waals surface area contributed by atoms with Gasteiger partial charge in [-0.3, -0.25) is 9.59 Å². The van der Waals surface area contributed by atoms with Gasteiger partial charge in [-0.1, -0.05) is 28.1 Å². The third-order valence-electron chi connectivity index (χ3n) is 2.47. The summed E-state index contributed by atoms with van der Waals surface area (Å²) in [7, 11) is 0. The van der Waals surface area contributed by atoms with Gasteiger partial charge in [0.05, 0.1) is 13.0 Å². The molecule has 0 aliphatic heterocycles. The number of nitrogens with zero attached hydrogens (tertiary/aromatic N) is 4. The van der Waals surface area contributed by atoms with E-state index in [2.05, 4.69) is 31.5 Å². The number of ether oxygens (including phenoxy) is 1. The van der Waals surface area contributed by atoms with Gasteiger partial charge in [0.1, 0.15) is 6.33 Å². The fourth-order valence-corrected chi connectivity index (χ4v) is 1.69. The second-order valence-electron chi connectivity index (χ2n) is 3.91. The van der Waals surface area contributed by atoms with Crippen LogP contribution in [0.4, 0.5) is 0 Å². The van der Waals surface area contributed by atoms with Crippen LogP contribution in [-0.4, -0.2) is 38.6 Å². The average Bonchev–Trinajstić information content (AvgIpc) is 2.96. The number of aromatic nitrogens is 4. The Balaban J connectivity index is 1.75. The summed E-state index contributed by atoms with van der Waals surface area (Å²) in [6.45, 7) is 0.0500. The maximum absolute atomic E-state index is 11.8. The number of hydrogen-bond donors (Lipinski definition) is 0. The molecule has 0 aliphatic carbocycles. The SMILES string of the molecule is O=C(CCn1cnnn1)OCC(=O)c1ccc(Br)cc1. The highest BCUT2D eigenvalue weighted by molar-refractivity contribution is 9.10. The van der Waals surface area contributed by atoms with E-state index in [0.29, 0.717) is 12.1 Å². The van der Waals surface area contributed by atoms with Crippen molar-refractivity contribution in [1.29, 1.82) is 0 Å². The van der Waals surface area contributed by atoms with Crippen molar-refractivity contribution < 1.29 is 14.3 Å². The van der Waals surface area contributed by atoms with E-state index in [1.54, 1.807) is 24.3 Å². The predicted molar refractivity (Wildman–Crippen MR) is 71.9 cm³/mol. The van der Waals surface area contributed by atoms with E-state index in [1.807, 2.05) is 0 Å². The van der Waals surface area contributed by atoms with Crippen molar-refractivity contribution >= 4 is 27.7 Å². The third kappa shape index (κ3) is 4.23. The first-order valence-corrected chi connectivity index (χ1v) is 6.59. The van der Waals surface area contributed by atoms with Gasteiger partial charge in [-0.15, -0.1) is 5.10 Å². The normalized spacial score (nSPS) is 10.2. The van der Waals surface area contributed by atoms with Crippen LogP contribution in [0.5, 0.6) is 0 Å². The molecule has 0 bridgehead atoms. The minimum absolute atomic E-state index is 0.110. The number of halogens is 1. The van der Waals surface area contributed by atoms with E-state index in [-0.39, 0.29) is 18.8 Å². The first-order chi connectivity index (χ1) is 9.65. The quantitative estimate of drug-likeness (QED) is 0.582.